The summed E-state index contributed by atoms with van der Waals surface area (Å²) in [6, 6.07) is 7.02. The van der Waals surface area contributed by atoms with E-state index in [1.165, 1.54) is 0 Å². The topological polar surface area (TPSA) is 83.6 Å². The number of hydrogen-bond donors (Lipinski definition) is 1. The number of hydrogen-bond acceptors (Lipinski definition) is 6. The van der Waals surface area contributed by atoms with E-state index in [1.807, 2.05) is 30.0 Å². The van der Waals surface area contributed by atoms with Crippen LogP contribution in [0.15, 0.2) is 41.1 Å². The molecular weight excluding hydrogens is 316 g/mol. The second kappa shape index (κ2) is 6.43. The first-order valence-electron chi connectivity index (χ1n) is 7.50. The zero-order valence-corrected chi connectivity index (χ0v) is 13.7. The van der Waals surface area contributed by atoms with Crippen molar-refractivity contribution < 1.29 is 17.9 Å². The van der Waals surface area contributed by atoms with Crippen LogP contribution in [0.5, 0.6) is 0 Å². The van der Waals surface area contributed by atoms with Crippen LogP contribution in [0, 0.1) is 6.92 Å². The van der Waals surface area contributed by atoms with Gasteiger partial charge in [0.1, 0.15) is 5.76 Å². The second-order valence-electron chi connectivity index (χ2n) is 5.96. The Hall–Kier alpha value is -1.70. The van der Waals surface area contributed by atoms with E-state index in [0.717, 1.165) is 17.0 Å². The second-order valence-corrected chi connectivity index (χ2v) is 8.12. The molecule has 1 aliphatic heterocycles. The van der Waals surface area contributed by atoms with Crippen molar-refractivity contribution in [2.75, 3.05) is 11.5 Å². The Morgan fingerprint density at radius 2 is 2.13 bits per heavy atom. The predicted molar refractivity (Wildman–Crippen MR) is 85.4 cm³/mol. The lowest BCUT2D eigenvalue weighted by Gasteiger charge is -2.29. The van der Waals surface area contributed by atoms with Gasteiger partial charge < -0.3 is 9.52 Å². The number of aliphatic hydroxyl groups is 1. The van der Waals surface area contributed by atoms with Crippen molar-refractivity contribution in [2.24, 2.45) is 0 Å². The van der Waals surface area contributed by atoms with Gasteiger partial charge in [-0.25, -0.2) is 8.42 Å². The molecular formula is C16H20N2O4S. The predicted octanol–water partition coefficient (Wildman–Crippen LogP) is 1.14. The van der Waals surface area contributed by atoms with E-state index < -0.39 is 22.0 Å². The fourth-order valence-electron chi connectivity index (χ4n) is 2.93. The number of sulfone groups is 1. The number of pyridine rings is 1. The molecule has 1 N–H and O–H groups in total. The maximum atomic E-state index is 11.9. The van der Waals surface area contributed by atoms with Gasteiger partial charge in [0.2, 0.25) is 0 Å². The normalized spacial score (nSPS) is 23.4. The summed E-state index contributed by atoms with van der Waals surface area (Å²) in [6.07, 6.45) is 2.41. The lowest BCUT2D eigenvalue weighted by Crippen LogP contribution is -2.42. The van der Waals surface area contributed by atoms with E-state index in [4.69, 9.17) is 4.42 Å². The first-order chi connectivity index (χ1) is 10.9. The number of aliphatic hydroxyl groups excluding tert-OH is 1. The van der Waals surface area contributed by atoms with Crippen LogP contribution in [0.25, 0.3) is 0 Å². The first-order valence-corrected chi connectivity index (χ1v) is 9.32. The number of nitrogens with zero attached hydrogens (tertiary/aromatic N) is 2. The van der Waals surface area contributed by atoms with Gasteiger partial charge in [0.05, 0.1) is 42.2 Å². The number of furan rings is 1. The summed E-state index contributed by atoms with van der Waals surface area (Å²) in [5.41, 5.74) is 1.91. The van der Waals surface area contributed by atoms with Crippen LogP contribution in [-0.4, -0.2) is 47.1 Å². The van der Waals surface area contributed by atoms with Crippen LogP contribution in [0.1, 0.15) is 17.0 Å². The van der Waals surface area contributed by atoms with Gasteiger partial charge in [-0.15, -0.1) is 0 Å². The van der Waals surface area contributed by atoms with E-state index in [1.54, 1.807) is 18.5 Å². The molecule has 2 aromatic heterocycles. The van der Waals surface area contributed by atoms with Crippen LogP contribution in [0.3, 0.4) is 0 Å². The van der Waals surface area contributed by atoms with Gasteiger partial charge in [-0.05, 0) is 30.7 Å². The SMILES string of the molecule is Cc1cccnc1CN(Cc1ccco1)C1CS(=O)(=O)CC1O. The summed E-state index contributed by atoms with van der Waals surface area (Å²) in [5.74, 6) is 0.504. The molecule has 1 fully saturated rings. The van der Waals surface area contributed by atoms with Crippen molar-refractivity contribution >= 4 is 9.84 Å². The summed E-state index contributed by atoms with van der Waals surface area (Å²) in [7, 11) is -3.21. The third-order valence-corrected chi connectivity index (χ3v) is 5.87. The Kier molecular flexibility index (Phi) is 4.52. The first kappa shape index (κ1) is 16.2. The minimum absolute atomic E-state index is 0.0409. The van der Waals surface area contributed by atoms with Crippen LogP contribution >= 0.6 is 0 Å². The molecule has 0 radical (unpaired) electrons. The van der Waals surface area contributed by atoms with Gasteiger partial charge in [-0.1, -0.05) is 6.07 Å². The van der Waals surface area contributed by atoms with Gasteiger partial charge in [-0.3, -0.25) is 9.88 Å². The summed E-state index contributed by atoms with van der Waals surface area (Å²) in [6.45, 7) is 2.86. The molecule has 0 bridgehead atoms. The fraction of sp³-hybridized carbons (Fsp3) is 0.438. The number of aryl methyl sites for hydroxylation is 1. The summed E-state index contributed by atoms with van der Waals surface area (Å²) >= 11 is 0. The highest BCUT2D eigenvalue weighted by Gasteiger charge is 2.40. The zero-order chi connectivity index (χ0) is 16.4. The molecule has 2 unspecified atom stereocenters. The molecule has 1 saturated heterocycles. The van der Waals surface area contributed by atoms with Crippen molar-refractivity contribution in [3.8, 4) is 0 Å². The maximum Gasteiger partial charge on any atom is 0.154 e. The molecule has 3 heterocycles. The van der Waals surface area contributed by atoms with E-state index in [-0.39, 0.29) is 11.5 Å². The van der Waals surface area contributed by atoms with Crippen molar-refractivity contribution in [3.05, 3.63) is 53.7 Å². The van der Waals surface area contributed by atoms with E-state index in [0.29, 0.717) is 13.1 Å². The Bertz CT molecular complexity index is 758. The molecule has 124 valence electrons. The molecule has 2 aromatic rings. The minimum Gasteiger partial charge on any atom is -0.468 e. The van der Waals surface area contributed by atoms with Gasteiger partial charge in [0, 0.05) is 12.7 Å². The summed E-state index contributed by atoms with van der Waals surface area (Å²) < 4.78 is 29.1. The highest BCUT2D eigenvalue weighted by atomic mass is 32.2. The lowest BCUT2D eigenvalue weighted by molar-refractivity contribution is 0.0676. The monoisotopic (exact) mass is 336 g/mol. The summed E-state index contributed by atoms with van der Waals surface area (Å²) in [5, 5.41) is 10.2. The Morgan fingerprint density at radius 3 is 2.74 bits per heavy atom. The minimum atomic E-state index is -3.21. The van der Waals surface area contributed by atoms with E-state index >= 15 is 0 Å². The van der Waals surface area contributed by atoms with Crippen LogP contribution in [0.2, 0.25) is 0 Å². The highest BCUT2D eigenvalue weighted by molar-refractivity contribution is 7.91. The maximum absolute atomic E-state index is 11.9. The molecule has 0 aliphatic carbocycles. The molecule has 7 heteroatoms. The molecule has 23 heavy (non-hydrogen) atoms. The molecule has 0 spiro atoms. The van der Waals surface area contributed by atoms with E-state index in [9.17, 15) is 13.5 Å². The van der Waals surface area contributed by atoms with Crippen LogP contribution in [0.4, 0.5) is 0 Å². The quantitative estimate of drug-likeness (QED) is 0.882. The van der Waals surface area contributed by atoms with Gasteiger partial charge in [-0.2, -0.15) is 0 Å². The van der Waals surface area contributed by atoms with E-state index in [2.05, 4.69) is 4.98 Å². The molecule has 0 amide bonds. The molecule has 0 aromatic carbocycles. The largest absolute Gasteiger partial charge is 0.468 e. The smallest absolute Gasteiger partial charge is 0.154 e. The molecule has 3 rings (SSSR count). The summed E-state index contributed by atoms with van der Waals surface area (Å²) in [4.78, 5) is 6.31. The van der Waals surface area contributed by atoms with Gasteiger partial charge >= 0.3 is 0 Å². The third kappa shape index (κ3) is 3.80. The van der Waals surface area contributed by atoms with Gasteiger partial charge in [0.25, 0.3) is 0 Å². The van der Waals surface area contributed by atoms with Crippen molar-refractivity contribution in [1.29, 1.82) is 0 Å². The number of aromatic nitrogens is 1. The molecule has 6 nitrogen and oxygen atoms in total. The fourth-order valence-corrected chi connectivity index (χ4v) is 4.76. The highest BCUT2D eigenvalue weighted by Crippen LogP contribution is 2.23. The number of rotatable bonds is 5. The Balaban J connectivity index is 1.86. The average molecular weight is 336 g/mol. The van der Waals surface area contributed by atoms with Crippen LogP contribution in [-0.2, 0) is 22.9 Å². The average Bonchev–Trinajstić information content (AvgIpc) is 3.07. The molecule has 0 saturated carbocycles. The van der Waals surface area contributed by atoms with Crippen molar-refractivity contribution in [1.82, 2.24) is 9.88 Å². The standard InChI is InChI=1S/C16H20N2O4S/c1-12-4-2-6-17-14(12)9-18(8-13-5-3-7-22-13)15-10-23(20,21)11-16(15)19/h2-7,15-16,19H,8-11H2,1H3. The van der Waals surface area contributed by atoms with Crippen molar-refractivity contribution in [3.63, 3.8) is 0 Å². The Labute approximate surface area is 135 Å². The zero-order valence-electron chi connectivity index (χ0n) is 12.9. The van der Waals surface area contributed by atoms with Gasteiger partial charge in [0.15, 0.2) is 9.84 Å². The third-order valence-electron chi connectivity index (χ3n) is 4.17. The molecule has 2 atom stereocenters. The Morgan fingerprint density at radius 1 is 1.30 bits per heavy atom. The van der Waals surface area contributed by atoms with Crippen molar-refractivity contribution in [2.45, 2.75) is 32.2 Å². The van der Waals surface area contributed by atoms with Crippen LogP contribution < -0.4 is 0 Å². The molecule has 1 aliphatic rings. The lowest BCUT2D eigenvalue weighted by atomic mass is 10.1.